The Morgan fingerprint density at radius 3 is 1.56 bits per heavy atom. The lowest BCUT2D eigenvalue weighted by atomic mass is 10.1. The van der Waals surface area contributed by atoms with Crippen LogP contribution in [0.25, 0.3) is 0 Å². The summed E-state index contributed by atoms with van der Waals surface area (Å²) in [6, 6.07) is 2.97. The van der Waals surface area contributed by atoms with Gasteiger partial charge in [-0.05, 0) is 0 Å². The Morgan fingerprint density at radius 2 is 1.25 bits per heavy atom. The molecule has 0 bridgehead atoms. The standard InChI is InChI=1S/C10H4F2N2O2/c11-7-5(3-13)9-10(16-2-1-15-9)6(4-14)8(7)12/h1-2H2. The molecule has 1 aliphatic heterocycles. The molecule has 0 N–H and O–H groups in total. The maximum Gasteiger partial charge on any atom is 0.183 e. The zero-order chi connectivity index (χ0) is 11.7. The summed E-state index contributed by atoms with van der Waals surface area (Å²) < 4.78 is 36.7. The molecule has 4 nitrogen and oxygen atoms in total. The first-order valence-corrected chi connectivity index (χ1v) is 4.31. The quantitative estimate of drug-likeness (QED) is 0.666. The fourth-order valence-corrected chi connectivity index (χ4v) is 1.41. The Labute approximate surface area is 89.2 Å². The molecule has 1 aliphatic rings. The molecule has 80 valence electrons. The minimum atomic E-state index is -1.39. The summed E-state index contributed by atoms with van der Waals surface area (Å²) >= 11 is 0. The smallest absolute Gasteiger partial charge is 0.183 e. The van der Waals surface area contributed by atoms with Crippen molar-refractivity contribution < 1.29 is 18.3 Å². The van der Waals surface area contributed by atoms with Gasteiger partial charge in [-0.25, -0.2) is 8.78 Å². The van der Waals surface area contributed by atoms with E-state index in [1.807, 2.05) is 0 Å². The van der Waals surface area contributed by atoms with Crippen molar-refractivity contribution in [3.05, 3.63) is 22.8 Å². The maximum absolute atomic E-state index is 13.4. The predicted molar refractivity (Wildman–Crippen MR) is 46.8 cm³/mol. The number of ether oxygens (including phenoxy) is 2. The van der Waals surface area contributed by atoms with Crippen molar-refractivity contribution in [2.75, 3.05) is 13.2 Å². The molecular weight excluding hydrogens is 218 g/mol. The molecule has 0 unspecified atom stereocenters. The first-order valence-electron chi connectivity index (χ1n) is 4.31. The van der Waals surface area contributed by atoms with Crippen molar-refractivity contribution in [3.8, 4) is 23.6 Å². The molecule has 0 aromatic heterocycles. The Kier molecular flexibility index (Phi) is 2.34. The fourth-order valence-electron chi connectivity index (χ4n) is 1.41. The van der Waals surface area contributed by atoms with E-state index in [-0.39, 0.29) is 24.7 Å². The number of halogens is 2. The van der Waals surface area contributed by atoms with E-state index < -0.39 is 22.8 Å². The molecule has 1 heterocycles. The third-order valence-corrected chi connectivity index (χ3v) is 2.09. The van der Waals surface area contributed by atoms with Crippen molar-refractivity contribution in [1.82, 2.24) is 0 Å². The van der Waals surface area contributed by atoms with E-state index in [9.17, 15) is 8.78 Å². The van der Waals surface area contributed by atoms with Crippen molar-refractivity contribution in [2.45, 2.75) is 0 Å². The van der Waals surface area contributed by atoms with E-state index in [2.05, 4.69) is 0 Å². The minimum Gasteiger partial charge on any atom is -0.485 e. The van der Waals surface area contributed by atoms with Crippen LogP contribution in [0.4, 0.5) is 8.78 Å². The number of hydrogen-bond donors (Lipinski definition) is 0. The second kappa shape index (κ2) is 3.67. The monoisotopic (exact) mass is 222 g/mol. The van der Waals surface area contributed by atoms with E-state index in [4.69, 9.17) is 20.0 Å². The zero-order valence-electron chi connectivity index (χ0n) is 7.88. The summed E-state index contributed by atoms with van der Waals surface area (Å²) in [7, 11) is 0. The lowest BCUT2D eigenvalue weighted by Gasteiger charge is -2.20. The van der Waals surface area contributed by atoms with Crippen LogP contribution in [0.15, 0.2) is 0 Å². The van der Waals surface area contributed by atoms with Gasteiger partial charge in [-0.2, -0.15) is 10.5 Å². The molecule has 0 spiro atoms. The molecular formula is C10H4F2N2O2. The van der Waals surface area contributed by atoms with Crippen LogP contribution in [0.3, 0.4) is 0 Å². The number of hydrogen-bond acceptors (Lipinski definition) is 4. The van der Waals surface area contributed by atoms with Gasteiger partial charge in [0.05, 0.1) is 0 Å². The van der Waals surface area contributed by atoms with E-state index in [0.29, 0.717) is 0 Å². The van der Waals surface area contributed by atoms with Crippen LogP contribution < -0.4 is 9.47 Å². The van der Waals surface area contributed by atoms with E-state index in [0.717, 1.165) is 0 Å². The zero-order valence-corrected chi connectivity index (χ0v) is 7.88. The van der Waals surface area contributed by atoms with Gasteiger partial charge in [0.15, 0.2) is 23.1 Å². The Balaban J connectivity index is 2.83. The topological polar surface area (TPSA) is 66.0 Å². The number of benzene rings is 1. The lowest BCUT2D eigenvalue weighted by Crippen LogP contribution is -2.18. The van der Waals surface area contributed by atoms with Crippen molar-refractivity contribution in [1.29, 1.82) is 10.5 Å². The van der Waals surface area contributed by atoms with Crippen LogP contribution in [-0.4, -0.2) is 13.2 Å². The Hall–Kier alpha value is -2.34. The largest absolute Gasteiger partial charge is 0.485 e. The average molecular weight is 222 g/mol. The second-order valence-corrected chi connectivity index (χ2v) is 2.96. The Morgan fingerprint density at radius 1 is 0.875 bits per heavy atom. The molecule has 2 rings (SSSR count). The Bertz CT molecular complexity index is 494. The maximum atomic E-state index is 13.4. The number of nitriles is 2. The lowest BCUT2D eigenvalue weighted by molar-refractivity contribution is 0.168. The molecule has 0 amide bonds. The SMILES string of the molecule is N#Cc1c(F)c(F)c(C#N)c2c1OCCO2. The van der Waals surface area contributed by atoms with Gasteiger partial charge in [-0.1, -0.05) is 0 Å². The molecule has 0 aliphatic carbocycles. The molecule has 0 saturated heterocycles. The van der Waals surface area contributed by atoms with Crippen LogP contribution >= 0.6 is 0 Å². The molecule has 0 saturated carbocycles. The van der Waals surface area contributed by atoms with Gasteiger partial charge in [0, 0.05) is 0 Å². The predicted octanol–water partition coefficient (Wildman–Crippen LogP) is 1.48. The van der Waals surface area contributed by atoms with E-state index in [1.54, 1.807) is 0 Å². The van der Waals surface area contributed by atoms with Gasteiger partial charge in [0.1, 0.15) is 36.5 Å². The van der Waals surface area contributed by atoms with Crippen LogP contribution in [0.2, 0.25) is 0 Å². The minimum absolute atomic E-state index is 0.123. The average Bonchev–Trinajstić information content (AvgIpc) is 2.31. The first kappa shape index (κ1) is 10.2. The van der Waals surface area contributed by atoms with Gasteiger partial charge >= 0.3 is 0 Å². The third-order valence-electron chi connectivity index (χ3n) is 2.09. The number of nitrogens with zero attached hydrogens (tertiary/aromatic N) is 2. The van der Waals surface area contributed by atoms with Gasteiger partial charge in [0.2, 0.25) is 0 Å². The number of rotatable bonds is 0. The highest BCUT2D eigenvalue weighted by atomic mass is 19.2. The summed E-state index contributed by atoms with van der Waals surface area (Å²) in [5, 5.41) is 17.4. The summed E-state index contributed by atoms with van der Waals surface area (Å²) in [5.41, 5.74) is -1.16. The summed E-state index contributed by atoms with van der Waals surface area (Å²) in [6.07, 6.45) is 0. The van der Waals surface area contributed by atoms with Gasteiger partial charge < -0.3 is 9.47 Å². The number of fused-ring (bicyclic) bond motifs is 1. The first-order chi connectivity index (χ1) is 7.70. The molecule has 1 aromatic rings. The van der Waals surface area contributed by atoms with Crippen molar-refractivity contribution in [3.63, 3.8) is 0 Å². The summed E-state index contributed by atoms with van der Waals surface area (Å²) in [4.78, 5) is 0. The highest BCUT2D eigenvalue weighted by Crippen LogP contribution is 2.39. The summed E-state index contributed by atoms with van der Waals surface area (Å²) in [5.74, 6) is -3.18. The molecule has 0 radical (unpaired) electrons. The normalized spacial score (nSPS) is 12.8. The third kappa shape index (κ3) is 1.24. The molecule has 0 atom stereocenters. The molecule has 1 aromatic carbocycles. The molecule has 16 heavy (non-hydrogen) atoms. The van der Waals surface area contributed by atoms with Crippen LogP contribution in [0.5, 0.6) is 11.5 Å². The molecule has 0 fully saturated rings. The van der Waals surface area contributed by atoms with Crippen LogP contribution in [0, 0.1) is 34.3 Å². The van der Waals surface area contributed by atoms with Crippen LogP contribution in [0.1, 0.15) is 11.1 Å². The van der Waals surface area contributed by atoms with Crippen molar-refractivity contribution in [2.24, 2.45) is 0 Å². The van der Waals surface area contributed by atoms with Gasteiger partial charge in [-0.15, -0.1) is 0 Å². The van der Waals surface area contributed by atoms with E-state index in [1.165, 1.54) is 12.1 Å². The molecule has 6 heteroatoms. The van der Waals surface area contributed by atoms with Crippen molar-refractivity contribution >= 4 is 0 Å². The second-order valence-electron chi connectivity index (χ2n) is 2.96. The van der Waals surface area contributed by atoms with E-state index >= 15 is 0 Å². The highest BCUT2D eigenvalue weighted by molar-refractivity contribution is 5.61. The summed E-state index contributed by atoms with van der Waals surface area (Å²) in [6.45, 7) is 0.245. The highest BCUT2D eigenvalue weighted by Gasteiger charge is 2.29. The fraction of sp³-hybridized carbons (Fsp3) is 0.200. The van der Waals surface area contributed by atoms with Gasteiger partial charge in [-0.3, -0.25) is 0 Å². The van der Waals surface area contributed by atoms with Gasteiger partial charge in [0.25, 0.3) is 0 Å². The van der Waals surface area contributed by atoms with Crippen LogP contribution in [-0.2, 0) is 0 Å².